The molecule has 0 fully saturated rings. The van der Waals surface area contributed by atoms with Crippen molar-refractivity contribution in [3.63, 3.8) is 0 Å². The highest BCUT2D eigenvalue weighted by Crippen LogP contribution is 2.32. The monoisotopic (exact) mass is 316 g/mol. The molecule has 1 nitrogen and oxygen atoms in total. The van der Waals surface area contributed by atoms with Gasteiger partial charge in [-0.2, -0.15) is 0 Å². The molecule has 0 aliphatic heterocycles. The standard InChI is InChI=1S/C17H20F4O/c1-2-3-4-5-6-12-7-8-13-11-16(22-17(19,20)21)15(18)10-14(13)9-12/h7,10-11H,2-6,8-9H2,1H3. The van der Waals surface area contributed by atoms with E-state index in [9.17, 15) is 17.6 Å². The zero-order valence-corrected chi connectivity index (χ0v) is 12.6. The van der Waals surface area contributed by atoms with Gasteiger partial charge in [-0.3, -0.25) is 0 Å². The van der Waals surface area contributed by atoms with Gasteiger partial charge in [-0.25, -0.2) is 4.39 Å². The Morgan fingerprint density at radius 3 is 2.55 bits per heavy atom. The molecule has 0 saturated heterocycles. The maximum Gasteiger partial charge on any atom is 0.573 e. The lowest BCUT2D eigenvalue weighted by Gasteiger charge is -2.19. The molecule has 0 aromatic heterocycles. The van der Waals surface area contributed by atoms with E-state index in [4.69, 9.17) is 0 Å². The molecule has 0 heterocycles. The van der Waals surface area contributed by atoms with Crippen LogP contribution in [0.4, 0.5) is 17.6 Å². The van der Waals surface area contributed by atoms with Gasteiger partial charge in [0.1, 0.15) is 0 Å². The predicted molar refractivity (Wildman–Crippen MR) is 77.3 cm³/mol. The van der Waals surface area contributed by atoms with Gasteiger partial charge in [0, 0.05) is 0 Å². The molecule has 1 aliphatic rings. The van der Waals surface area contributed by atoms with Crippen LogP contribution in [0.2, 0.25) is 0 Å². The molecule has 1 aliphatic carbocycles. The van der Waals surface area contributed by atoms with Crippen LogP contribution < -0.4 is 4.74 Å². The average Bonchev–Trinajstić information content (AvgIpc) is 2.43. The molecule has 0 spiro atoms. The van der Waals surface area contributed by atoms with Crippen LogP contribution in [-0.4, -0.2) is 6.36 Å². The van der Waals surface area contributed by atoms with E-state index in [2.05, 4.69) is 11.7 Å². The van der Waals surface area contributed by atoms with E-state index in [1.807, 2.05) is 6.08 Å². The molecule has 2 rings (SSSR count). The van der Waals surface area contributed by atoms with Gasteiger partial charge in [0.05, 0.1) is 0 Å². The van der Waals surface area contributed by atoms with Crippen LogP contribution in [0.15, 0.2) is 23.8 Å². The van der Waals surface area contributed by atoms with Crippen LogP contribution in [0.25, 0.3) is 0 Å². The highest BCUT2D eigenvalue weighted by atomic mass is 19.4. The van der Waals surface area contributed by atoms with E-state index in [0.29, 0.717) is 18.4 Å². The normalized spacial score (nSPS) is 14.5. The van der Waals surface area contributed by atoms with Gasteiger partial charge in [-0.1, -0.05) is 37.8 Å². The highest BCUT2D eigenvalue weighted by molar-refractivity contribution is 5.43. The summed E-state index contributed by atoms with van der Waals surface area (Å²) in [5.41, 5.74) is 2.71. The fraction of sp³-hybridized carbons (Fsp3) is 0.529. The average molecular weight is 316 g/mol. The number of hydrogen-bond acceptors (Lipinski definition) is 1. The van der Waals surface area contributed by atoms with Crippen molar-refractivity contribution >= 4 is 0 Å². The topological polar surface area (TPSA) is 9.23 Å². The molecule has 5 heteroatoms. The number of fused-ring (bicyclic) bond motifs is 1. The van der Waals surface area contributed by atoms with Crippen LogP contribution in [0.1, 0.15) is 50.2 Å². The third kappa shape index (κ3) is 4.75. The van der Waals surface area contributed by atoms with Gasteiger partial charge >= 0.3 is 6.36 Å². The molecular weight excluding hydrogens is 296 g/mol. The minimum Gasteiger partial charge on any atom is -0.403 e. The molecule has 0 atom stereocenters. The maximum absolute atomic E-state index is 13.7. The zero-order valence-electron chi connectivity index (χ0n) is 12.6. The van der Waals surface area contributed by atoms with Crippen molar-refractivity contribution in [2.24, 2.45) is 0 Å². The van der Waals surface area contributed by atoms with Gasteiger partial charge in [-0.05, 0) is 48.9 Å². The molecule has 0 radical (unpaired) electrons. The van der Waals surface area contributed by atoms with Crippen molar-refractivity contribution in [1.82, 2.24) is 0 Å². The summed E-state index contributed by atoms with van der Waals surface area (Å²) >= 11 is 0. The Labute approximate surface area is 128 Å². The van der Waals surface area contributed by atoms with Crippen LogP contribution >= 0.6 is 0 Å². The first-order valence-corrected chi connectivity index (χ1v) is 7.64. The van der Waals surface area contributed by atoms with Gasteiger partial charge in [0.25, 0.3) is 0 Å². The van der Waals surface area contributed by atoms with Gasteiger partial charge in [0.2, 0.25) is 0 Å². The number of unbranched alkanes of at least 4 members (excludes halogenated alkanes) is 3. The lowest BCUT2D eigenvalue weighted by atomic mass is 9.89. The van der Waals surface area contributed by atoms with E-state index in [1.165, 1.54) is 37.0 Å². The van der Waals surface area contributed by atoms with E-state index in [0.717, 1.165) is 18.4 Å². The molecule has 122 valence electrons. The van der Waals surface area contributed by atoms with Gasteiger partial charge < -0.3 is 4.74 Å². The fourth-order valence-electron chi connectivity index (χ4n) is 2.73. The maximum atomic E-state index is 13.7. The Kier molecular flexibility index (Phi) is 5.48. The van der Waals surface area contributed by atoms with Crippen molar-refractivity contribution in [2.45, 2.75) is 58.2 Å². The number of halogens is 4. The third-order valence-electron chi connectivity index (χ3n) is 3.86. The second kappa shape index (κ2) is 7.16. The number of benzene rings is 1. The lowest BCUT2D eigenvalue weighted by Crippen LogP contribution is -2.18. The minimum absolute atomic E-state index is 0.535. The van der Waals surface area contributed by atoms with Crippen LogP contribution in [0.3, 0.4) is 0 Å². The SMILES string of the molecule is CCCCCCC1=CCc2cc(OC(F)(F)F)c(F)cc2C1. The highest BCUT2D eigenvalue weighted by Gasteiger charge is 2.33. The quantitative estimate of drug-likeness (QED) is 0.370. The van der Waals surface area contributed by atoms with Crippen molar-refractivity contribution in [3.8, 4) is 5.75 Å². The smallest absolute Gasteiger partial charge is 0.403 e. The Morgan fingerprint density at radius 2 is 1.86 bits per heavy atom. The van der Waals surface area contributed by atoms with E-state index in [1.54, 1.807) is 0 Å². The molecule has 1 aromatic rings. The number of alkyl halides is 3. The predicted octanol–water partition coefficient (Wildman–Crippen LogP) is 5.72. The molecule has 0 N–H and O–H groups in total. The van der Waals surface area contributed by atoms with Crippen LogP contribution in [-0.2, 0) is 12.8 Å². The van der Waals surface area contributed by atoms with E-state index >= 15 is 0 Å². The minimum atomic E-state index is -4.87. The van der Waals surface area contributed by atoms with E-state index < -0.39 is 17.9 Å². The first-order chi connectivity index (χ1) is 10.4. The Hall–Kier alpha value is -1.52. The lowest BCUT2D eigenvalue weighted by molar-refractivity contribution is -0.275. The number of allylic oxidation sites excluding steroid dienone is 2. The van der Waals surface area contributed by atoms with Gasteiger partial charge in [0.15, 0.2) is 11.6 Å². The van der Waals surface area contributed by atoms with Crippen molar-refractivity contribution < 1.29 is 22.3 Å². The van der Waals surface area contributed by atoms with Crippen molar-refractivity contribution in [3.05, 3.63) is 40.7 Å². The first-order valence-electron chi connectivity index (χ1n) is 7.64. The summed E-state index contributed by atoms with van der Waals surface area (Å²) < 4.78 is 54.1. The summed E-state index contributed by atoms with van der Waals surface area (Å²) in [6.45, 7) is 2.15. The molecular formula is C17H20F4O. The summed E-state index contributed by atoms with van der Waals surface area (Å²) in [5, 5.41) is 0. The van der Waals surface area contributed by atoms with E-state index in [-0.39, 0.29) is 0 Å². The summed E-state index contributed by atoms with van der Waals surface area (Å²) in [6.07, 6.45) is 3.96. The largest absolute Gasteiger partial charge is 0.573 e. The van der Waals surface area contributed by atoms with Gasteiger partial charge in [-0.15, -0.1) is 13.2 Å². The molecule has 22 heavy (non-hydrogen) atoms. The Bertz CT molecular complexity index is 546. The van der Waals surface area contributed by atoms with Crippen molar-refractivity contribution in [2.75, 3.05) is 0 Å². The number of ether oxygens (including phenoxy) is 1. The second-order valence-electron chi connectivity index (χ2n) is 5.65. The summed E-state index contributed by atoms with van der Waals surface area (Å²) in [6, 6.07) is 2.35. The third-order valence-corrected chi connectivity index (χ3v) is 3.86. The molecule has 0 amide bonds. The van der Waals surface area contributed by atoms with Crippen LogP contribution in [0, 0.1) is 5.82 Å². The summed E-state index contributed by atoms with van der Waals surface area (Å²) in [7, 11) is 0. The number of hydrogen-bond donors (Lipinski definition) is 0. The number of rotatable bonds is 6. The second-order valence-corrected chi connectivity index (χ2v) is 5.65. The van der Waals surface area contributed by atoms with Crippen molar-refractivity contribution in [1.29, 1.82) is 0 Å². The summed E-state index contributed by atoms with van der Waals surface area (Å²) in [5.74, 6) is -1.70. The molecule has 0 unspecified atom stereocenters. The molecule has 0 saturated carbocycles. The molecule has 0 bridgehead atoms. The Balaban J connectivity index is 2.03. The Morgan fingerprint density at radius 1 is 1.09 bits per heavy atom. The zero-order chi connectivity index (χ0) is 16.2. The first kappa shape index (κ1) is 16.8. The fourth-order valence-corrected chi connectivity index (χ4v) is 2.73. The summed E-state index contributed by atoms with van der Waals surface area (Å²) in [4.78, 5) is 0. The molecule has 1 aromatic carbocycles. The van der Waals surface area contributed by atoms with Crippen LogP contribution in [0.5, 0.6) is 5.75 Å².